The minimum absolute atomic E-state index is 0.636. The molecule has 0 saturated carbocycles. The maximum absolute atomic E-state index is 2.33. The predicted octanol–water partition coefficient (Wildman–Crippen LogP) is 7.43. The molecule has 0 bridgehead atoms. The molecule has 1 aromatic heterocycles. The molecule has 0 fully saturated rings. The second-order valence-corrected chi connectivity index (χ2v) is 7.06. The molecular weight excluding hydrogens is 290 g/mol. The molecule has 0 aromatic carbocycles. The predicted molar refractivity (Wildman–Crippen MR) is 109 cm³/mol. The van der Waals surface area contributed by atoms with Gasteiger partial charge in [-0.25, -0.2) is 4.57 Å². The van der Waals surface area contributed by atoms with Crippen molar-refractivity contribution < 1.29 is 4.57 Å². The molecule has 0 atom stereocenters. The Morgan fingerprint density at radius 2 is 1.12 bits per heavy atom. The highest BCUT2D eigenvalue weighted by atomic mass is 14.9. The maximum atomic E-state index is 2.33. The third-order valence-electron chi connectivity index (χ3n) is 4.60. The van der Waals surface area contributed by atoms with E-state index in [0.29, 0.717) is 5.92 Å². The van der Waals surface area contributed by atoms with E-state index in [4.69, 9.17) is 0 Å². The Hall–Kier alpha value is -0.850. The number of pyridine rings is 1. The summed E-state index contributed by atoms with van der Waals surface area (Å²) in [7, 11) is 0. The van der Waals surface area contributed by atoms with Gasteiger partial charge in [-0.2, -0.15) is 0 Å². The normalized spacial score (nSPS) is 10.6. The number of hydrogen-bond acceptors (Lipinski definition) is 0. The summed E-state index contributed by atoms with van der Waals surface area (Å²) in [5.74, 6) is 0.636. The summed E-state index contributed by atoms with van der Waals surface area (Å²) in [6, 6.07) is 4.53. The quantitative estimate of drug-likeness (QED) is 0.261. The van der Waals surface area contributed by atoms with E-state index >= 15 is 0 Å². The summed E-state index contributed by atoms with van der Waals surface area (Å²) in [5.41, 5.74) is 1.44. The number of hydrogen-bond donors (Lipinski definition) is 0. The van der Waals surface area contributed by atoms with Gasteiger partial charge in [-0.3, -0.25) is 0 Å². The Bertz CT molecular complexity index is 353. The topological polar surface area (TPSA) is 3.88 Å². The number of aromatic nitrogens is 1. The number of rotatable bonds is 13. The third kappa shape index (κ3) is 12.6. The number of nitrogens with zero attached hydrogens (tertiary/aromatic N) is 1. The molecule has 24 heavy (non-hydrogen) atoms. The second-order valence-electron chi connectivity index (χ2n) is 7.06. The van der Waals surface area contributed by atoms with Gasteiger partial charge in [-0.1, -0.05) is 92.4 Å². The van der Waals surface area contributed by atoms with Crippen molar-refractivity contribution in [2.24, 2.45) is 0 Å². The lowest BCUT2D eigenvalue weighted by Crippen LogP contribution is -2.32. The summed E-state index contributed by atoms with van der Waals surface area (Å²) in [6.07, 6.45) is 20.1. The van der Waals surface area contributed by atoms with Crippen LogP contribution in [0.1, 0.15) is 117 Å². The van der Waals surface area contributed by atoms with E-state index in [-0.39, 0.29) is 0 Å². The average molecular weight is 335 g/mol. The molecule has 1 nitrogen and oxygen atoms in total. The molecule has 1 heteroatoms. The fourth-order valence-electron chi connectivity index (χ4n) is 2.96. The van der Waals surface area contributed by atoms with E-state index in [1.165, 1.54) is 82.7 Å². The van der Waals surface area contributed by atoms with E-state index < -0.39 is 0 Å². The summed E-state index contributed by atoms with van der Waals surface area (Å²) in [4.78, 5) is 0. The van der Waals surface area contributed by atoms with E-state index in [1.807, 2.05) is 13.8 Å². The van der Waals surface area contributed by atoms with Crippen LogP contribution in [0.3, 0.4) is 0 Å². The lowest BCUT2D eigenvalue weighted by atomic mass is 10.1. The van der Waals surface area contributed by atoms with Crippen LogP contribution in [-0.2, 0) is 6.54 Å². The van der Waals surface area contributed by atoms with Gasteiger partial charge in [0, 0.05) is 18.6 Å². The molecule has 0 saturated heterocycles. The van der Waals surface area contributed by atoms with Gasteiger partial charge in [-0.05, 0) is 17.9 Å². The van der Waals surface area contributed by atoms with Crippen LogP contribution >= 0.6 is 0 Å². The molecule has 1 rings (SSSR count). The van der Waals surface area contributed by atoms with Gasteiger partial charge in [0.05, 0.1) is 0 Å². The van der Waals surface area contributed by atoms with Gasteiger partial charge >= 0.3 is 0 Å². The highest BCUT2D eigenvalue weighted by Gasteiger charge is 2.03. The zero-order valence-electron chi connectivity index (χ0n) is 17.3. The Morgan fingerprint density at radius 3 is 1.54 bits per heavy atom. The van der Waals surface area contributed by atoms with E-state index in [9.17, 15) is 0 Å². The maximum Gasteiger partial charge on any atom is 0.169 e. The zero-order chi connectivity index (χ0) is 18.0. The van der Waals surface area contributed by atoms with E-state index in [1.54, 1.807) is 0 Å². The molecular formula is C23H44N+. The van der Waals surface area contributed by atoms with Crippen molar-refractivity contribution in [3.05, 3.63) is 30.1 Å². The first-order valence-electron chi connectivity index (χ1n) is 10.7. The first-order chi connectivity index (χ1) is 11.7. The molecule has 0 radical (unpaired) electrons. The van der Waals surface area contributed by atoms with Crippen molar-refractivity contribution in [1.82, 2.24) is 0 Å². The summed E-state index contributed by atoms with van der Waals surface area (Å²) < 4.78 is 2.33. The third-order valence-corrected chi connectivity index (χ3v) is 4.60. The van der Waals surface area contributed by atoms with Crippen LogP contribution in [0.2, 0.25) is 0 Å². The molecule has 0 aliphatic heterocycles. The molecule has 0 amide bonds. The smallest absolute Gasteiger partial charge is 0.169 e. The van der Waals surface area contributed by atoms with Gasteiger partial charge in [0.25, 0.3) is 0 Å². The highest BCUT2D eigenvalue weighted by Crippen LogP contribution is 2.12. The van der Waals surface area contributed by atoms with Crippen molar-refractivity contribution in [3.8, 4) is 0 Å². The first-order valence-corrected chi connectivity index (χ1v) is 10.7. The Kier molecular flexibility index (Phi) is 16.4. The molecule has 1 aromatic rings. The molecule has 140 valence electrons. The van der Waals surface area contributed by atoms with Crippen molar-refractivity contribution in [3.63, 3.8) is 0 Å². The molecule has 0 N–H and O–H groups in total. The van der Waals surface area contributed by atoms with Crippen LogP contribution < -0.4 is 4.57 Å². The van der Waals surface area contributed by atoms with Crippen molar-refractivity contribution in [1.29, 1.82) is 0 Å². The first kappa shape index (κ1) is 23.1. The molecule has 0 unspecified atom stereocenters. The lowest BCUT2D eigenvalue weighted by Gasteiger charge is -2.04. The Balaban J connectivity index is 0.00000254. The average Bonchev–Trinajstić information content (AvgIpc) is 2.62. The lowest BCUT2D eigenvalue weighted by molar-refractivity contribution is -0.697. The van der Waals surface area contributed by atoms with Crippen molar-refractivity contribution in [2.75, 3.05) is 0 Å². The van der Waals surface area contributed by atoms with Gasteiger partial charge in [-0.15, -0.1) is 0 Å². The molecule has 0 spiro atoms. The van der Waals surface area contributed by atoms with Crippen LogP contribution in [0, 0.1) is 0 Å². The monoisotopic (exact) mass is 334 g/mol. The van der Waals surface area contributed by atoms with E-state index in [2.05, 4.69) is 49.9 Å². The standard InChI is InChI=1S/C21H38N.C2H6/c1-4-5-6-7-8-9-10-11-12-13-14-17-22-18-15-21(16-19-22)20(2)3;1-2/h15-16,18-20H,4-14,17H2,1-3H3;1-2H3/q+1;. The Morgan fingerprint density at radius 1 is 0.708 bits per heavy atom. The summed E-state index contributed by atoms with van der Waals surface area (Å²) in [5, 5.41) is 0. The van der Waals surface area contributed by atoms with Gasteiger partial charge in [0.1, 0.15) is 6.54 Å². The SMILES string of the molecule is CC.CCCCCCCCCCCCC[n+]1ccc(C(C)C)cc1. The van der Waals surface area contributed by atoms with Gasteiger partial charge in [0.2, 0.25) is 0 Å². The largest absolute Gasteiger partial charge is 0.205 e. The Labute approximate surface area is 152 Å². The number of unbranched alkanes of at least 4 members (excludes halogenated alkanes) is 10. The molecule has 0 aliphatic carbocycles. The minimum atomic E-state index is 0.636. The van der Waals surface area contributed by atoms with E-state index in [0.717, 1.165) is 0 Å². The van der Waals surface area contributed by atoms with Crippen LogP contribution in [0.4, 0.5) is 0 Å². The number of aryl methyl sites for hydroxylation is 1. The minimum Gasteiger partial charge on any atom is -0.205 e. The fraction of sp³-hybridized carbons (Fsp3) is 0.783. The molecule has 0 aliphatic rings. The zero-order valence-corrected chi connectivity index (χ0v) is 17.3. The fourth-order valence-corrected chi connectivity index (χ4v) is 2.96. The van der Waals surface area contributed by atoms with Crippen LogP contribution in [0.25, 0.3) is 0 Å². The van der Waals surface area contributed by atoms with Gasteiger partial charge in [0.15, 0.2) is 12.4 Å². The second kappa shape index (κ2) is 17.0. The van der Waals surface area contributed by atoms with Crippen LogP contribution in [0.15, 0.2) is 24.5 Å². The highest BCUT2D eigenvalue weighted by molar-refractivity contribution is 5.11. The summed E-state index contributed by atoms with van der Waals surface area (Å²) >= 11 is 0. The van der Waals surface area contributed by atoms with Crippen LogP contribution in [-0.4, -0.2) is 0 Å². The van der Waals surface area contributed by atoms with Crippen molar-refractivity contribution in [2.45, 2.75) is 118 Å². The summed E-state index contributed by atoms with van der Waals surface area (Å²) in [6.45, 7) is 12.0. The van der Waals surface area contributed by atoms with Gasteiger partial charge < -0.3 is 0 Å². The van der Waals surface area contributed by atoms with Crippen molar-refractivity contribution >= 4 is 0 Å². The van der Waals surface area contributed by atoms with Crippen LogP contribution in [0.5, 0.6) is 0 Å². The molecule has 1 heterocycles.